The number of carbonyl (C=O) groups is 1. The van der Waals surface area contributed by atoms with Crippen LogP contribution in [-0.2, 0) is 23.3 Å². The molecule has 1 aromatic heterocycles. The summed E-state index contributed by atoms with van der Waals surface area (Å²) in [6, 6.07) is 9.91. The zero-order valence-corrected chi connectivity index (χ0v) is 14.9. The molecule has 24 heavy (non-hydrogen) atoms. The van der Waals surface area contributed by atoms with Crippen molar-refractivity contribution in [3.63, 3.8) is 0 Å². The molecular formula is C17H23N3O3S. The molecule has 1 heterocycles. The maximum Gasteiger partial charge on any atom is 0.319 e. The third kappa shape index (κ3) is 5.13. The average molecular weight is 349 g/mol. The first-order valence-electron chi connectivity index (χ1n) is 7.73. The van der Waals surface area contributed by atoms with Crippen LogP contribution in [0.1, 0.15) is 19.0 Å². The molecule has 0 saturated heterocycles. The van der Waals surface area contributed by atoms with Crippen molar-refractivity contribution < 1.29 is 13.2 Å². The molecule has 1 aromatic carbocycles. The highest BCUT2D eigenvalue weighted by atomic mass is 32.2. The van der Waals surface area contributed by atoms with E-state index in [4.69, 9.17) is 0 Å². The lowest BCUT2D eigenvalue weighted by atomic mass is 10.1. The van der Waals surface area contributed by atoms with Crippen LogP contribution in [0.25, 0.3) is 0 Å². The molecule has 2 amide bonds. The number of aryl methyl sites for hydroxylation is 2. The number of carbonyl (C=O) groups excluding carboxylic acids is 1. The summed E-state index contributed by atoms with van der Waals surface area (Å²) in [7, 11) is -1.30. The number of hydrogen-bond acceptors (Lipinski definition) is 3. The number of aromatic nitrogens is 1. The highest BCUT2D eigenvalue weighted by molar-refractivity contribution is 7.90. The number of amides is 2. The zero-order valence-electron chi connectivity index (χ0n) is 14.1. The second-order valence-electron chi connectivity index (χ2n) is 5.95. The van der Waals surface area contributed by atoms with Crippen molar-refractivity contribution in [3.8, 4) is 0 Å². The second-order valence-corrected chi connectivity index (χ2v) is 7.96. The highest BCUT2D eigenvalue weighted by Crippen LogP contribution is 2.15. The van der Waals surface area contributed by atoms with Crippen molar-refractivity contribution in [2.75, 3.05) is 11.6 Å². The van der Waals surface area contributed by atoms with E-state index in [2.05, 4.69) is 21.3 Å². The van der Waals surface area contributed by atoms with Gasteiger partial charge in [-0.2, -0.15) is 0 Å². The Morgan fingerprint density at radius 2 is 2.00 bits per heavy atom. The fourth-order valence-corrected chi connectivity index (χ4v) is 3.06. The van der Waals surface area contributed by atoms with Crippen LogP contribution >= 0.6 is 0 Å². The molecule has 0 spiro atoms. The molecule has 0 aliphatic rings. The Bertz CT molecular complexity index is 812. The largest absolute Gasteiger partial charge is 0.354 e. The average Bonchev–Trinajstić information content (AvgIpc) is 2.89. The van der Waals surface area contributed by atoms with Gasteiger partial charge in [0.2, 0.25) is 0 Å². The Hall–Kier alpha value is -2.28. The van der Waals surface area contributed by atoms with Gasteiger partial charge in [0, 0.05) is 36.9 Å². The summed E-state index contributed by atoms with van der Waals surface area (Å²) >= 11 is 0. The van der Waals surface area contributed by atoms with E-state index in [0.717, 1.165) is 19.1 Å². The van der Waals surface area contributed by atoms with E-state index in [1.165, 1.54) is 17.8 Å². The van der Waals surface area contributed by atoms with Gasteiger partial charge in [0.15, 0.2) is 9.84 Å². The Morgan fingerprint density at radius 1 is 1.25 bits per heavy atom. The van der Waals surface area contributed by atoms with Gasteiger partial charge in [0.1, 0.15) is 0 Å². The van der Waals surface area contributed by atoms with Gasteiger partial charge >= 0.3 is 6.03 Å². The van der Waals surface area contributed by atoms with Crippen molar-refractivity contribution in [2.24, 2.45) is 7.05 Å². The van der Waals surface area contributed by atoms with Crippen molar-refractivity contribution in [1.29, 1.82) is 0 Å². The predicted molar refractivity (Wildman–Crippen MR) is 94.9 cm³/mol. The van der Waals surface area contributed by atoms with Crippen molar-refractivity contribution in [2.45, 2.75) is 30.7 Å². The molecule has 130 valence electrons. The van der Waals surface area contributed by atoms with Crippen LogP contribution < -0.4 is 10.6 Å². The number of sulfone groups is 1. The van der Waals surface area contributed by atoms with Crippen LogP contribution in [0.5, 0.6) is 0 Å². The molecular weight excluding hydrogens is 326 g/mol. The van der Waals surface area contributed by atoms with E-state index < -0.39 is 9.84 Å². The van der Waals surface area contributed by atoms with E-state index in [0.29, 0.717) is 5.69 Å². The minimum Gasteiger partial charge on any atom is -0.354 e. The standard InChI is InChI=1S/C17H23N3O3S/c1-13(9-10-15-7-5-11-20(15)2)18-17(21)19-14-6-4-8-16(12-14)24(3,22)23/h4-8,11-13H,9-10H2,1-3H3,(H2,18,19,21)/t13-/m1/s1. The molecule has 0 saturated carbocycles. The summed E-state index contributed by atoms with van der Waals surface area (Å²) < 4.78 is 25.1. The lowest BCUT2D eigenvalue weighted by Crippen LogP contribution is -2.36. The Kier molecular flexibility index (Phi) is 5.66. The van der Waals surface area contributed by atoms with Gasteiger partial charge in [0.05, 0.1) is 4.90 Å². The molecule has 0 aliphatic heterocycles. The molecule has 0 aliphatic carbocycles. The Morgan fingerprint density at radius 3 is 2.62 bits per heavy atom. The van der Waals surface area contributed by atoms with E-state index >= 15 is 0 Å². The first kappa shape index (κ1) is 18.1. The van der Waals surface area contributed by atoms with Crippen LogP contribution in [0, 0.1) is 0 Å². The van der Waals surface area contributed by atoms with Crippen LogP contribution in [0.4, 0.5) is 10.5 Å². The van der Waals surface area contributed by atoms with Gasteiger partial charge in [-0.1, -0.05) is 6.07 Å². The van der Waals surface area contributed by atoms with Crippen LogP contribution in [0.3, 0.4) is 0 Å². The summed E-state index contributed by atoms with van der Waals surface area (Å²) in [6.07, 6.45) is 4.82. The van der Waals surface area contributed by atoms with Crippen molar-refractivity contribution >= 4 is 21.6 Å². The van der Waals surface area contributed by atoms with Gasteiger partial charge in [-0.05, 0) is 50.1 Å². The van der Waals surface area contributed by atoms with Gasteiger partial charge in [-0.3, -0.25) is 0 Å². The normalized spacial score (nSPS) is 12.6. The minimum atomic E-state index is -3.30. The molecule has 0 unspecified atom stereocenters. The summed E-state index contributed by atoms with van der Waals surface area (Å²) in [5.41, 5.74) is 1.66. The molecule has 7 heteroatoms. The number of benzene rings is 1. The third-order valence-corrected chi connectivity index (χ3v) is 4.89. The summed E-state index contributed by atoms with van der Waals surface area (Å²) in [5, 5.41) is 5.53. The topological polar surface area (TPSA) is 80.2 Å². The van der Waals surface area contributed by atoms with E-state index in [-0.39, 0.29) is 17.0 Å². The third-order valence-electron chi connectivity index (χ3n) is 3.78. The molecule has 2 aromatic rings. The van der Waals surface area contributed by atoms with Gasteiger partial charge in [0.25, 0.3) is 0 Å². The maximum absolute atomic E-state index is 12.0. The minimum absolute atomic E-state index is 0.00186. The smallest absolute Gasteiger partial charge is 0.319 e. The number of rotatable bonds is 6. The van der Waals surface area contributed by atoms with Crippen LogP contribution in [0.15, 0.2) is 47.5 Å². The highest BCUT2D eigenvalue weighted by Gasteiger charge is 2.11. The van der Waals surface area contributed by atoms with Gasteiger partial charge in [-0.15, -0.1) is 0 Å². The van der Waals surface area contributed by atoms with Gasteiger partial charge < -0.3 is 15.2 Å². The molecule has 0 fully saturated rings. The molecule has 0 radical (unpaired) electrons. The summed E-state index contributed by atoms with van der Waals surface area (Å²) in [6.45, 7) is 1.94. The maximum atomic E-state index is 12.0. The zero-order chi connectivity index (χ0) is 17.7. The molecule has 2 N–H and O–H groups in total. The number of nitrogens with zero attached hydrogens (tertiary/aromatic N) is 1. The predicted octanol–water partition coefficient (Wildman–Crippen LogP) is 2.57. The van der Waals surface area contributed by atoms with Crippen LogP contribution in [0.2, 0.25) is 0 Å². The number of hydrogen-bond donors (Lipinski definition) is 2. The number of urea groups is 1. The molecule has 2 rings (SSSR count). The van der Waals surface area contributed by atoms with E-state index in [9.17, 15) is 13.2 Å². The Balaban J connectivity index is 1.87. The number of anilines is 1. The fraction of sp³-hybridized carbons (Fsp3) is 0.353. The SMILES string of the molecule is C[C@H](CCc1cccn1C)NC(=O)Nc1cccc(S(C)(=O)=O)c1. The lowest BCUT2D eigenvalue weighted by molar-refractivity contribution is 0.248. The summed E-state index contributed by atoms with van der Waals surface area (Å²) in [4.78, 5) is 12.2. The second kappa shape index (κ2) is 7.53. The first-order chi connectivity index (χ1) is 11.3. The van der Waals surface area contributed by atoms with E-state index in [1.54, 1.807) is 12.1 Å². The van der Waals surface area contributed by atoms with E-state index in [1.807, 2.05) is 26.2 Å². The fourth-order valence-electron chi connectivity index (χ4n) is 2.39. The monoisotopic (exact) mass is 349 g/mol. The van der Waals surface area contributed by atoms with Gasteiger partial charge in [-0.25, -0.2) is 13.2 Å². The van der Waals surface area contributed by atoms with Crippen molar-refractivity contribution in [1.82, 2.24) is 9.88 Å². The summed E-state index contributed by atoms with van der Waals surface area (Å²) in [5.74, 6) is 0. The molecule has 6 nitrogen and oxygen atoms in total. The molecule has 1 atom stereocenters. The molecule has 0 bridgehead atoms. The first-order valence-corrected chi connectivity index (χ1v) is 9.62. The Labute approximate surface area is 142 Å². The lowest BCUT2D eigenvalue weighted by Gasteiger charge is -2.15. The van der Waals surface area contributed by atoms with Crippen LogP contribution in [-0.4, -0.2) is 31.3 Å². The van der Waals surface area contributed by atoms with Crippen molar-refractivity contribution in [3.05, 3.63) is 48.3 Å². The number of nitrogens with one attached hydrogen (secondary N) is 2. The quantitative estimate of drug-likeness (QED) is 0.841.